The summed E-state index contributed by atoms with van der Waals surface area (Å²) in [6.45, 7) is 4.57. The SMILES string of the molecule is CCC1(C)N(CCOC(F)(F)F)C(=O)N(CCOC(F)(F)F)C1(C)C. The Morgan fingerprint density at radius 3 is 1.64 bits per heavy atom. The maximum atomic E-state index is 12.6. The van der Waals surface area contributed by atoms with Crippen LogP contribution in [-0.2, 0) is 9.47 Å². The Morgan fingerprint density at radius 1 is 0.880 bits per heavy atom. The third-order valence-electron chi connectivity index (χ3n) is 4.90. The van der Waals surface area contributed by atoms with E-state index in [9.17, 15) is 31.1 Å². The van der Waals surface area contributed by atoms with Crippen molar-refractivity contribution in [3.8, 4) is 0 Å². The molecule has 11 heteroatoms. The molecule has 1 aliphatic heterocycles. The summed E-state index contributed by atoms with van der Waals surface area (Å²) in [5.74, 6) is 0. The van der Waals surface area contributed by atoms with Crippen LogP contribution in [0.3, 0.4) is 0 Å². The topological polar surface area (TPSA) is 42.0 Å². The largest absolute Gasteiger partial charge is 0.522 e. The van der Waals surface area contributed by atoms with Gasteiger partial charge >= 0.3 is 18.8 Å². The average Bonchev–Trinajstić information content (AvgIpc) is 2.56. The van der Waals surface area contributed by atoms with Crippen molar-refractivity contribution in [1.29, 1.82) is 0 Å². The van der Waals surface area contributed by atoms with Crippen LogP contribution in [0.2, 0.25) is 0 Å². The highest BCUT2D eigenvalue weighted by Gasteiger charge is 2.58. The van der Waals surface area contributed by atoms with Gasteiger partial charge in [0.15, 0.2) is 0 Å². The van der Waals surface area contributed by atoms with Gasteiger partial charge < -0.3 is 9.80 Å². The number of hydrogen-bond donors (Lipinski definition) is 0. The second kappa shape index (κ2) is 7.18. The molecule has 5 nitrogen and oxygen atoms in total. The number of halogens is 6. The zero-order valence-electron chi connectivity index (χ0n) is 14.4. The number of rotatable bonds is 7. The molecule has 148 valence electrons. The second-order valence-corrected chi connectivity index (χ2v) is 6.36. The first-order valence-corrected chi connectivity index (χ1v) is 7.66. The maximum absolute atomic E-state index is 12.6. The van der Waals surface area contributed by atoms with Crippen molar-refractivity contribution in [1.82, 2.24) is 9.80 Å². The number of amides is 2. The Bertz CT molecular complexity index is 480. The van der Waals surface area contributed by atoms with Crippen LogP contribution in [0.15, 0.2) is 0 Å². The van der Waals surface area contributed by atoms with Crippen molar-refractivity contribution in [2.24, 2.45) is 0 Å². The quantitative estimate of drug-likeness (QED) is 0.632. The minimum absolute atomic E-state index is 0.331. The van der Waals surface area contributed by atoms with Gasteiger partial charge in [-0.25, -0.2) is 4.79 Å². The van der Waals surface area contributed by atoms with E-state index >= 15 is 0 Å². The summed E-state index contributed by atoms with van der Waals surface area (Å²) in [7, 11) is 0. The molecular formula is C14H22F6N2O3. The molecule has 0 spiro atoms. The maximum Gasteiger partial charge on any atom is 0.522 e. The Morgan fingerprint density at radius 2 is 1.28 bits per heavy atom. The number of alkyl halides is 6. The predicted molar refractivity (Wildman–Crippen MR) is 75.6 cm³/mol. The lowest BCUT2D eigenvalue weighted by Gasteiger charge is -2.44. The van der Waals surface area contributed by atoms with Crippen LogP contribution in [0.25, 0.3) is 0 Å². The van der Waals surface area contributed by atoms with E-state index in [0.29, 0.717) is 6.42 Å². The van der Waals surface area contributed by atoms with Crippen LogP contribution in [0.5, 0.6) is 0 Å². The molecule has 1 rings (SSSR count). The van der Waals surface area contributed by atoms with Crippen LogP contribution >= 0.6 is 0 Å². The van der Waals surface area contributed by atoms with Crippen LogP contribution in [0.4, 0.5) is 31.1 Å². The molecule has 0 aliphatic carbocycles. The second-order valence-electron chi connectivity index (χ2n) is 6.36. The molecular weight excluding hydrogens is 358 g/mol. The zero-order chi connectivity index (χ0) is 19.7. The van der Waals surface area contributed by atoms with Crippen molar-refractivity contribution in [2.45, 2.75) is 57.9 Å². The lowest BCUT2D eigenvalue weighted by molar-refractivity contribution is -0.325. The lowest BCUT2D eigenvalue weighted by Crippen LogP contribution is -2.56. The minimum atomic E-state index is -4.82. The number of nitrogens with zero attached hydrogens (tertiary/aromatic N) is 2. The fourth-order valence-electron chi connectivity index (χ4n) is 3.06. The highest BCUT2D eigenvalue weighted by Crippen LogP contribution is 2.43. The molecule has 25 heavy (non-hydrogen) atoms. The van der Waals surface area contributed by atoms with E-state index in [1.165, 1.54) is 9.80 Å². The summed E-state index contributed by atoms with van der Waals surface area (Å²) >= 11 is 0. The number of carbonyl (C=O) groups excluding carboxylic acids is 1. The fourth-order valence-corrected chi connectivity index (χ4v) is 3.06. The average molecular weight is 380 g/mol. The van der Waals surface area contributed by atoms with Crippen molar-refractivity contribution in [3.05, 3.63) is 0 Å². The molecule has 1 fully saturated rings. The predicted octanol–water partition coefficient (Wildman–Crippen LogP) is 3.74. The summed E-state index contributed by atoms with van der Waals surface area (Å²) in [6.07, 6.45) is -9.24. The van der Waals surface area contributed by atoms with E-state index in [1.54, 1.807) is 27.7 Å². The molecule has 0 radical (unpaired) electrons. The molecule has 2 amide bonds. The van der Waals surface area contributed by atoms with E-state index in [2.05, 4.69) is 9.47 Å². The molecule has 0 aromatic heterocycles. The molecule has 0 bridgehead atoms. The third-order valence-corrected chi connectivity index (χ3v) is 4.90. The van der Waals surface area contributed by atoms with E-state index in [-0.39, 0.29) is 13.1 Å². The summed E-state index contributed by atoms with van der Waals surface area (Å²) in [4.78, 5) is 15.0. The summed E-state index contributed by atoms with van der Waals surface area (Å²) in [6, 6.07) is -0.647. The highest BCUT2D eigenvalue weighted by atomic mass is 19.4. The van der Waals surface area contributed by atoms with Gasteiger partial charge in [-0.2, -0.15) is 0 Å². The molecule has 1 heterocycles. The van der Waals surface area contributed by atoms with Crippen molar-refractivity contribution < 1.29 is 40.6 Å². The van der Waals surface area contributed by atoms with Gasteiger partial charge in [-0.05, 0) is 27.2 Å². The van der Waals surface area contributed by atoms with E-state index < -0.39 is 43.0 Å². The number of urea groups is 1. The molecule has 1 unspecified atom stereocenters. The standard InChI is InChI=1S/C14H22F6N2O3/c1-5-12(4)11(2,3)21(6-8-24-13(15,16)17)10(23)22(12)7-9-25-14(18,19)20/h5-9H2,1-4H3. The molecule has 1 atom stereocenters. The summed E-state index contributed by atoms with van der Waals surface area (Å²) in [5.41, 5.74) is -1.79. The van der Waals surface area contributed by atoms with Crippen molar-refractivity contribution in [2.75, 3.05) is 26.3 Å². The lowest BCUT2D eigenvalue weighted by atomic mass is 9.78. The van der Waals surface area contributed by atoms with E-state index in [1.807, 2.05) is 0 Å². The Kier molecular flexibility index (Phi) is 6.26. The van der Waals surface area contributed by atoms with Gasteiger partial charge in [-0.3, -0.25) is 9.47 Å². The minimum Gasteiger partial charge on any atom is -0.315 e. The van der Waals surface area contributed by atoms with Crippen LogP contribution in [0.1, 0.15) is 34.1 Å². The third kappa shape index (κ3) is 4.90. The normalized spacial score (nSPS) is 24.3. The van der Waals surface area contributed by atoms with Crippen LogP contribution in [0, 0.1) is 0 Å². The highest BCUT2D eigenvalue weighted by molar-refractivity contribution is 5.80. The van der Waals surface area contributed by atoms with Crippen LogP contribution < -0.4 is 0 Å². The Hall–Kier alpha value is -1.23. The summed E-state index contributed by atoms with van der Waals surface area (Å²) < 4.78 is 80.3. The van der Waals surface area contributed by atoms with Gasteiger partial charge in [0, 0.05) is 13.1 Å². The Balaban J connectivity index is 2.89. The number of carbonyl (C=O) groups is 1. The molecule has 0 N–H and O–H groups in total. The molecule has 1 saturated heterocycles. The first-order valence-electron chi connectivity index (χ1n) is 7.66. The number of hydrogen-bond acceptors (Lipinski definition) is 3. The Labute approximate surface area is 141 Å². The molecule has 1 aliphatic rings. The van der Waals surface area contributed by atoms with Gasteiger partial charge in [-0.1, -0.05) is 6.92 Å². The molecule has 0 saturated carbocycles. The van der Waals surface area contributed by atoms with Gasteiger partial charge in [0.25, 0.3) is 0 Å². The number of ether oxygens (including phenoxy) is 2. The van der Waals surface area contributed by atoms with Gasteiger partial charge in [0.05, 0.1) is 24.3 Å². The molecule has 0 aromatic rings. The monoisotopic (exact) mass is 380 g/mol. The van der Waals surface area contributed by atoms with Crippen LogP contribution in [-0.4, -0.2) is 65.9 Å². The van der Waals surface area contributed by atoms with Gasteiger partial charge in [0.2, 0.25) is 0 Å². The van der Waals surface area contributed by atoms with E-state index in [4.69, 9.17) is 0 Å². The summed E-state index contributed by atoms with van der Waals surface area (Å²) in [5, 5.41) is 0. The fraction of sp³-hybridized carbons (Fsp3) is 0.929. The van der Waals surface area contributed by atoms with Gasteiger partial charge in [-0.15, -0.1) is 26.3 Å². The van der Waals surface area contributed by atoms with E-state index in [0.717, 1.165) is 0 Å². The molecule has 0 aromatic carbocycles. The first-order chi connectivity index (χ1) is 11.2. The smallest absolute Gasteiger partial charge is 0.315 e. The first kappa shape index (κ1) is 21.8. The van der Waals surface area contributed by atoms with Gasteiger partial charge in [0.1, 0.15) is 0 Å². The van der Waals surface area contributed by atoms with Crippen molar-refractivity contribution >= 4 is 6.03 Å². The van der Waals surface area contributed by atoms with Crippen molar-refractivity contribution in [3.63, 3.8) is 0 Å². The zero-order valence-corrected chi connectivity index (χ0v) is 14.4.